The van der Waals surface area contributed by atoms with Gasteiger partial charge in [0.1, 0.15) is 12.3 Å². The van der Waals surface area contributed by atoms with E-state index in [-0.39, 0.29) is 6.42 Å². The maximum Gasteiger partial charge on any atom is 0.242 e. The molecule has 0 unspecified atom stereocenters. The van der Waals surface area contributed by atoms with Crippen LogP contribution in [0.4, 0.5) is 8.78 Å². The summed E-state index contributed by atoms with van der Waals surface area (Å²) >= 11 is 0. The summed E-state index contributed by atoms with van der Waals surface area (Å²) in [5.41, 5.74) is 0. The molecule has 0 aliphatic carbocycles. The quantitative estimate of drug-likeness (QED) is 0.563. The van der Waals surface area contributed by atoms with Gasteiger partial charge in [0.15, 0.2) is 11.6 Å². The summed E-state index contributed by atoms with van der Waals surface area (Å²) in [4.78, 5) is -0.547. The fourth-order valence-electron chi connectivity index (χ4n) is 2.03. The van der Waals surface area contributed by atoms with Gasteiger partial charge in [-0.1, -0.05) is 0 Å². The van der Waals surface area contributed by atoms with Crippen LogP contribution in [-0.2, 0) is 14.8 Å². The van der Waals surface area contributed by atoms with Gasteiger partial charge < -0.3 is 20.1 Å². The molecule has 0 spiro atoms. The van der Waals surface area contributed by atoms with E-state index in [0.29, 0.717) is 12.1 Å². The fourth-order valence-corrected chi connectivity index (χ4v) is 3.19. The average Bonchev–Trinajstić information content (AvgIpc) is 2.44. The van der Waals surface area contributed by atoms with Crippen molar-refractivity contribution >= 4 is 10.0 Å². The topological polar surface area (TPSA) is 116 Å². The van der Waals surface area contributed by atoms with Crippen LogP contribution in [0.15, 0.2) is 23.1 Å². The number of aliphatic hydroxyl groups excluding tert-OH is 3. The monoisotopic (exact) mass is 339 g/mol. The van der Waals surface area contributed by atoms with Crippen molar-refractivity contribution in [3.8, 4) is 0 Å². The predicted octanol–water partition coefficient (Wildman–Crippen LogP) is -0.928. The van der Waals surface area contributed by atoms with Crippen LogP contribution in [0.1, 0.15) is 6.42 Å². The van der Waals surface area contributed by atoms with Crippen LogP contribution in [0.2, 0.25) is 0 Å². The van der Waals surface area contributed by atoms with Gasteiger partial charge in [-0.2, -0.15) is 4.72 Å². The molecular formula is C12H15F2NO6S. The first-order chi connectivity index (χ1) is 10.2. The summed E-state index contributed by atoms with van der Waals surface area (Å²) in [5.74, 6) is -2.53. The molecule has 22 heavy (non-hydrogen) atoms. The second kappa shape index (κ2) is 6.52. The number of nitrogens with one attached hydrogen (secondary N) is 1. The summed E-state index contributed by atoms with van der Waals surface area (Å²) < 4.78 is 57.1. The SMILES string of the molecule is O=S(=O)(N[C@@H]1O[C@H](CO)[C@H](O)C[C@H]1O)c1ccc(F)c(F)c1. The van der Waals surface area contributed by atoms with Crippen LogP contribution in [0, 0.1) is 11.6 Å². The first-order valence-corrected chi connectivity index (χ1v) is 7.82. The molecule has 1 heterocycles. The molecule has 0 radical (unpaired) electrons. The van der Waals surface area contributed by atoms with Gasteiger partial charge in [-0.3, -0.25) is 0 Å². The Labute approximate surface area is 125 Å². The summed E-state index contributed by atoms with van der Waals surface area (Å²) in [6, 6.07) is 2.00. The van der Waals surface area contributed by atoms with E-state index in [4.69, 9.17) is 9.84 Å². The van der Waals surface area contributed by atoms with Crippen LogP contribution >= 0.6 is 0 Å². The molecule has 1 aliphatic heterocycles. The number of sulfonamides is 1. The first-order valence-electron chi connectivity index (χ1n) is 6.34. The Bertz CT molecular complexity index is 641. The van der Waals surface area contributed by atoms with Crippen molar-refractivity contribution in [2.75, 3.05) is 6.61 Å². The van der Waals surface area contributed by atoms with Gasteiger partial charge in [-0.25, -0.2) is 17.2 Å². The summed E-state index contributed by atoms with van der Waals surface area (Å²) in [7, 11) is -4.29. The molecule has 4 atom stereocenters. The first kappa shape index (κ1) is 17.2. The molecule has 0 aromatic heterocycles. The molecule has 1 aromatic rings. The molecule has 1 aliphatic rings. The Balaban J connectivity index is 2.18. The van der Waals surface area contributed by atoms with Gasteiger partial charge >= 0.3 is 0 Å². The number of hydrogen-bond donors (Lipinski definition) is 4. The smallest absolute Gasteiger partial charge is 0.242 e. The van der Waals surface area contributed by atoms with Crippen molar-refractivity contribution in [3.63, 3.8) is 0 Å². The number of ether oxygens (including phenoxy) is 1. The maximum atomic E-state index is 13.1. The Morgan fingerprint density at radius 3 is 2.50 bits per heavy atom. The summed E-state index contributed by atoms with van der Waals surface area (Å²) in [6.07, 6.45) is -5.22. The van der Waals surface area contributed by atoms with E-state index in [2.05, 4.69) is 0 Å². The van der Waals surface area contributed by atoms with Crippen LogP contribution in [-0.4, -0.2) is 54.9 Å². The van der Waals surface area contributed by atoms with E-state index >= 15 is 0 Å². The lowest BCUT2D eigenvalue weighted by Gasteiger charge is -2.36. The van der Waals surface area contributed by atoms with Crippen molar-refractivity contribution in [3.05, 3.63) is 29.8 Å². The highest BCUT2D eigenvalue weighted by Crippen LogP contribution is 2.21. The van der Waals surface area contributed by atoms with E-state index in [1.54, 1.807) is 0 Å². The lowest BCUT2D eigenvalue weighted by molar-refractivity contribution is -0.182. The predicted molar refractivity (Wildman–Crippen MR) is 69.1 cm³/mol. The summed E-state index contributed by atoms with van der Waals surface area (Å²) in [6.45, 7) is -0.572. The normalized spacial score (nSPS) is 29.5. The molecule has 1 aromatic carbocycles. The largest absolute Gasteiger partial charge is 0.394 e. The third-order valence-electron chi connectivity index (χ3n) is 3.24. The van der Waals surface area contributed by atoms with Crippen molar-refractivity contribution in [1.29, 1.82) is 0 Å². The lowest BCUT2D eigenvalue weighted by atomic mass is 10.0. The highest BCUT2D eigenvalue weighted by atomic mass is 32.2. The molecule has 124 valence electrons. The van der Waals surface area contributed by atoms with E-state index in [0.717, 1.165) is 6.07 Å². The van der Waals surface area contributed by atoms with Crippen LogP contribution in [0.25, 0.3) is 0 Å². The molecular weight excluding hydrogens is 324 g/mol. The minimum atomic E-state index is -4.29. The Kier molecular flexibility index (Phi) is 5.10. The number of benzene rings is 1. The zero-order chi connectivity index (χ0) is 16.5. The highest BCUT2D eigenvalue weighted by Gasteiger charge is 2.38. The molecule has 4 N–H and O–H groups in total. The van der Waals surface area contributed by atoms with Crippen LogP contribution < -0.4 is 4.72 Å². The third kappa shape index (κ3) is 3.59. The van der Waals surface area contributed by atoms with Crippen molar-refractivity contribution in [2.24, 2.45) is 0 Å². The van der Waals surface area contributed by atoms with Gasteiger partial charge in [0.2, 0.25) is 10.0 Å². The van der Waals surface area contributed by atoms with Gasteiger partial charge in [0.25, 0.3) is 0 Å². The van der Waals surface area contributed by atoms with Crippen molar-refractivity contribution in [2.45, 2.75) is 35.9 Å². The molecule has 0 saturated carbocycles. The highest BCUT2D eigenvalue weighted by molar-refractivity contribution is 7.89. The number of rotatable bonds is 4. The van der Waals surface area contributed by atoms with E-state index in [1.807, 2.05) is 4.72 Å². The molecule has 0 bridgehead atoms. The minimum Gasteiger partial charge on any atom is -0.394 e. The molecule has 7 nitrogen and oxygen atoms in total. The Hall–Kier alpha value is -1.17. The second-order valence-corrected chi connectivity index (χ2v) is 6.56. The number of hydrogen-bond acceptors (Lipinski definition) is 6. The molecule has 1 fully saturated rings. The third-order valence-corrected chi connectivity index (χ3v) is 4.65. The van der Waals surface area contributed by atoms with E-state index in [9.17, 15) is 27.4 Å². The summed E-state index contributed by atoms with van der Waals surface area (Å²) in [5, 5.41) is 28.3. The number of halogens is 2. The van der Waals surface area contributed by atoms with Crippen LogP contribution in [0.3, 0.4) is 0 Å². The molecule has 0 amide bonds. The Morgan fingerprint density at radius 2 is 1.91 bits per heavy atom. The fraction of sp³-hybridized carbons (Fsp3) is 0.500. The molecule has 2 rings (SSSR count). The molecule has 1 saturated heterocycles. The zero-order valence-electron chi connectivity index (χ0n) is 11.2. The van der Waals surface area contributed by atoms with Crippen molar-refractivity contribution in [1.82, 2.24) is 4.72 Å². The Morgan fingerprint density at radius 1 is 1.23 bits per heavy atom. The standard InChI is InChI=1S/C12H15F2NO6S/c13-7-2-1-6(3-8(7)14)22(19,20)15-12-10(18)4-9(17)11(5-16)21-12/h1-3,9-12,15-18H,4-5H2/t9-,10-,11-,12-/m1/s1. The second-order valence-electron chi connectivity index (χ2n) is 4.85. The minimum absolute atomic E-state index is 0.212. The van der Waals surface area contributed by atoms with E-state index < -0.39 is 57.7 Å². The van der Waals surface area contributed by atoms with E-state index in [1.165, 1.54) is 0 Å². The van der Waals surface area contributed by atoms with Gasteiger partial charge in [-0.05, 0) is 18.2 Å². The van der Waals surface area contributed by atoms with Crippen LogP contribution in [0.5, 0.6) is 0 Å². The average molecular weight is 339 g/mol. The lowest BCUT2D eigenvalue weighted by Crippen LogP contribution is -2.55. The number of aliphatic hydroxyl groups is 3. The zero-order valence-corrected chi connectivity index (χ0v) is 12.0. The van der Waals surface area contributed by atoms with Crippen molar-refractivity contribution < 1.29 is 37.3 Å². The van der Waals surface area contributed by atoms with Gasteiger partial charge in [-0.15, -0.1) is 0 Å². The molecule has 10 heteroatoms. The van der Waals surface area contributed by atoms with Gasteiger partial charge in [0, 0.05) is 6.42 Å². The maximum absolute atomic E-state index is 13.1. The van der Waals surface area contributed by atoms with Gasteiger partial charge in [0.05, 0.1) is 23.7 Å².